The molecule has 0 aliphatic carbocycles. The lowest BCUT2D eigenvalue weighted by molar-refractivity contribution is -0.144. The lowest BCUT2D eigenvalue weighted by Crippen LogP contribution is -2.50. The van der Waals surface area contributed by atoms with Gasteiger partial charge in [0.05, 0.1) is 12.6 Å². The van der Waals surface area contributed by atoms with E-state index in [1.165, 1.54) is 6.92 Å². The summed E-state index contributed by atoms with van der Waals surface area (Å²) in [7, 11) is 0. The second kappa shape index (κ2) is 7.75. The van der Waals surface area contributed by atoms with Crippen LogP contribution in [0, 0.1) is 0 Å². The second-order valence-electron chi connectivity index (χ2n) is 4.31. The SMILES string of the molecule is C[C@@H](O)[C@H](NC(=O)CNC(=O)c1ccc(Br)cc1)C(=O)O. The number of amides is 2. The van der Waals surface area contributed by atoms with Gasteiger partial charge in [-0.3, -0.25) is 9.59 Å². The number of nitrogens with one attached hydrogen (secondary N) is 2. The molecule has 2 amide bonds. The van der Waals surface area contributed by atoms with Gasteiger partial charge in [0.25, 0.3) is 5.91 Å². The Hall–Kier alpha value is -1.93. The Labute approximate surface area is 129 Å². The molecule has 0 unspecified atom stereocenters. The second-order valence-corrected chi connectivity index (χ2v) is 5.23. The third kappa shape index (κ3) is 5.52. The molecule has 21 heavy (non-hydrogen) atoms. The Morgan fingerprint density at radius 1 is 1.24 bits per heavy atom. The maximum absolute atomic E-state index is 11.7. The number of aliphatic hydroxyl groups excluding tert-OH is 1. The highest BCUT2D eigenvalue weighted by Gasteiger charge is 2.24. The molecule has 0 aliphatic heterocycles. The number of aliphatic carboxylic acids is 1. The molecule has 0 aromatic heterocycles. The smallest absolute Gasteiger partial charge is 0.328 e. The van der Waals surface area contributed by atoms with Gasteiger partial charge in [-0.1, -0.05) is 15.9 Å². The van der Waals surface area contributed by atoms with Crippen molar-refractivity contribution >= 4 is 33.7 Å². The molecule has 0 radical (unpaired) electrons. The summed E-state index contributed by atoms with van der Waals surface area (Å²) in [5, 5.41) is 22.5. The van der Waals surface area contributed by atoms with E-state index in [1.54, 1.807) is 24.3 Å². The Morgan fingerprint density at radius 2 is 1.81 bits per heavy atom. The van der Waals surface area contributed by atoms with E-state index in [1.807, 2.05) is 0 Å². The fraction of sp³-hybridized carbons (Fsp3) is 0.308. The summed E-state index contributed by atoms with van der Waals surface area (Å²) >= 11 is 3.24. The minimum Gasteiger partial charge on any atom is -0.480 e. The standard InChI is InChI=1S/C13H15BrN2O5/c1-7(17)11(13(20)21)16-10(18)6-15-12(19)8-2-4-9(14)5-3-8/h2-5,7,11,17H,6H2,1H3,(H,15,19)(H,16,18)(H,20,21)/t7-,11+/m1/s1. The minimum absolute atomic E-state index is 0.372. The number of benzene rings is 1. The van der Waals surface area contributed by atoms with Crippen LogP contribution < -0.4 is 10.6 Å². The Kier molecular flexibility index (Phi) is 6.32. The van der Waals surface area contributed by atoms with Crippen LogP contribution in [0.3, 0.4) is 0 Å². The van der Waals surface area contributed by atoms with E-state index >= 15 is 0 Å². The molecule has 8 heteroatoms. The largest absolute Gasteiger partial charge is 0.480 e. The summed E-state index contributed by atoms with van der Waals surface area (Å²) in [5.74, 6) is -2.51. The predicted molar refractivity (Wildman–Crippen MR) is 77.7 cm³/mol. The van der Waals surface area contributed by atoms with E-state index in [0.29, 0.717) is 5.56 Å². The van der Waals surface area contributed by atoms with Crippen LogP contribution in [0.5, 0.6) is 0 Å². The van der Waals surface area contributed by atoms with Gasteiger partial charge in [-0.2, -0.15) is 0 Å². The number of hydrogen-bond donors (Lipinski definition) is 4. The number of aliphatic hydroxyl groups is 1. The molecule has 0 fully saturated rings. The Morgan fingerprint density at radius 3 is 2.29 bits per heavy atom. The average molecular weight is 359 g/mol. The van der Waals surface area contributed by atoms with E-state index in [2.05, 4.69) is 26.6 Å². The number of carbonyl (C=O) groups excluding carboxylic acids is 2. The van der Waals surface area contributed by atoms with Gasteiger partial charge in [0, 0.05) is 10.0 Å². The molecule has 2 atom stereocenters. The third-order valence-electron chi connectivity index (χ3n) is 2.58. The fourth-order valence-electron chi connectivity index (χ4n) is 1.48. The van der Waals surface area contributed by atoms with Crippen LogP contribution >= 0.6 is 15.9 Å². The van der Waals surface area contributed by atoms with Gasteiger partial charge in [0.1, 0.15) is 0 Å². The molecule has 0 heterocycles. The van der Waals surface area contributed by atoms with Crippen molar-refractivity contribution in [3.8, 4) is 0 Å². The normalized spacial score (nSPS) is 13.1. The van der Waals surface area contributed by atoms with Crippen LogP contribution in [0.15, 0.2) is 28.7 Å². The number of carboxylic acids is 1. The molecular formula is C13H15BrN2O5. The van der Waals surface area contributed by atoms with Crippen molar-refractivity contribution in [1.82, 2.24) is 10.6 Å². The number of carboxylic acid groups (broad SMARTS) is 1. The van der Waals surface area contributed by atoms with E-state index in [-0.39, 0.29) is 6.54 Å². The Bertz CT molecular complexity index is 530. The van der Waals surface area contributed by atoms with Crippen molar-refractivity contribution in [2.24, 2.45) is 0 Å². The van der Waals surface area contributed by atoms with Crippen LogP contribution in [0.2, 0.25) is 0 Å². The minimum atomic E-state index is -1.41. The molecule has 0 saturated heterocycles. The predicted octanol–water partition coefficient (Wildman–Crippen LogP) is 0.129. The molecule has 0 spiro atoms. The zero-order valence-corrected chi connectivity index (χ0v) is 12.8. The third-order valence-corrected chi connectivity index (χ3v) is 3.11. The van der Waals surface area contributed by atoms with Crippen molar-refractivity contribution in [2.45, 2.75) is 19.1 Å². The van der Waals surface area contributed by atoms with Crippen molar-refractivity contribution in [1.29, 1.82) is 0 Å². The molecule has 1 aromatic rings. The summed E-state index contributed by atoms with van der Waals surface area (Å²) in [4.78, 5) is 34.1. The molecule has 1 rings (SSSR count). The van der Waals surface area contributed by atoms with Crippen molar-refractivity contribution in [2.75, 3.05) is 6.54 Å². The van der Waals surface area contributed by atoms with Gasteiger partial charge in [-0.05, 0) is 31.2 Å². The highest BCUT2D eigenvalue weighted by atomic mass is 79.9. The molecule has 0 bridgehead atoms. The molecule has 4 N–H and O–H groups in total. The van der Waals surface area contributed by atoms with Crippen molar-refractivity contribution in [3.63, 3.8) is 0 Å². The maximum Gasteiger partial charge on any atom is 0.328 e. The molecule has 1 aromatic carbocycles. The van der Waals surface area contributed by atoms with Gasteiger partial charge >= 0.3 is 5.97 Å². The van der Waals surface area contributed by atoms with Crippen LogP contribution in [-0.4, -0.2) is 46.7 Å². The van der Waals surface area contributed by atoms with Gasteiger partial charge in [0.15, 0.2) is 6.04 Å². The zero-order chi connectivity index (χ0) is 16.0. The summed E-state index contributed by atoms with van der Waals surface area (Å²) in [5.41, 5.74) is 0.372. The molecular weight excluding hydrogens is 344 g/mol. The molecule has 7 nitrogen and oxygen atoms in total. The lowest BCUT2D eigenvalue weighted by atomic mass is 10.2. The first-order valence-corrected chi connectivity index (χ1v) is 6.84. The fourth-order valence-corrected chi connectivity index (χ4v) is 1.74. The van der Waals surface area contributed by atoms with Crippen LogP contribution in [0.4, 0.5) is 0 Å². The van der Waals surface area contributed by atoms with Crippen molar-refractivity contribution in [3.05, 3.63) is 34.3 Å². The quantitative estimate of drug-likeness (QED) is 0.576. The van der Waals surface area contributed by atoms with Crippen LogP contribution in [0.1, 0.15) is 17.3 Å². The first-order valence-electron chi connectivity index (χ1n) is 6.05. The first kappa shape index (κ1) is 17.1. The number of rotatable bonds is 6. The lowest BCUT2D eigenvalue weighted by Gasteiger charge is -2.17. The zero-order valence-electron chi connectivity index (χ0n) is 11.2. The van der Waals surface area contributed by atoms with E-state index in [0.717, 1.165) is 4.47 Å². The molecule has 0 saturated carbocycles. The van der Waals surface area contributed by atoms with Crippen LogP contribution in [-0.2, 0) is 9.59 Å². The van der Waals surface area contributed by atoms with E-state index < -0.39 is 29.9 Å². The first-order chi connectivity index (χ1) is 9.81. The summed E-state index contributed by atoms with van der Waals surface area (Å²) < 4.78 is 0.818. The Balaban J connectivity index is 2.51. The summed E-state index contributed by atoms with van der Waals surface area (Å²) in [6, 6.07) is 5.11. The van der Waals surface area contributed by atoms with Gasteiger partial charge in [0.2, 0.25) is 5.91 Å². The topological polar surface area (TPSA) is 116 Å². The van der Waals surface area contributed by atoms with Gasteiger partial charge < -0.3 is 20.8 Å². The van der Waals surface area contributed by atoms with Gasteiger partial charge in [-0.25, -0.2) is 4.79 Å². The summed E-state index contributed by atoms with van der Waals surface area (Å²) in [6.07, 6.45) is -1.24. The van der Waals surface area contributed by atoms with Crippen LogP contribution in [0.25, 0.3) is 0 Å². The number of carbonyl (C=O) groups is 3. The average Bonchev–Trinajstić information content (AvgIpc) is 2.42. The highest BCUT2D eigenvalue weighted by Crippen LogP contribution is 2.10. The molecule has 114 valence electrons. The van der Waals surface area contributed by atoms with Crippen molar-refractivity contribution < 1.29 is 24.6 Å². The molecule has 0 aliphatic rings. The number of halogens is 1. The van der Waals surface area contributed by atoms with E-state index in [4.69, 9.17) is 5.11 Å². The summed E-state index contributed by atoms with van der Waals surface area (Å²) in [6.45, 7) is 0.866. The van der Waals surface area contributed by atoms with Gasteiger partial charge in [-0.15, -0.1) is 0 Å². The number of hydrogen-bond acceptors (Lipinski definition) is 4. The highest BCUT2D eigenvalue weighted by molar-refractivity contribution is 9.10. The van der Waals surface area contributed by atoms with E-state index in [9.17, 15) is 19.5 Å². The maximum atomic E-state index is 11.7. The monoisotopic (exact) mass is 358 g/mol.